The van der Waals surface area contributed by atoms with Crippen LogP contribution in [0.25, 0.3) is 0 Å². The molecule has 2 rings (SSSR count). The van der Waals surface area contributed by atoms with Gasteiger partial charge < -0.3 is 10.4 Å². The number of halogens is 1. The number of anilines is 1. The van der Waals surface area contributed by atoms with Crippen LogP contribution in [0.5, 0.6) is 0 Å². The van der Waals surface area contributed by atoms with E-state index >= 15 is 0 Å². The zero-order valence-corrected chi connectivity index (χ0v) is 11.6. The molecule has 2 aromatic rings. The maximum absolute atomic E-state index is 13.0. The first-order valence-electron chi connectivity index (χ1n) is 6.76. The number of aliphatic hydroxyl groups excluding tert-OH is 1. The Kier molecular flexibility index (Phi) is 5.40. The molecule has 1 heterocycles. The molecule has 1 aromatic carbocycles. The minimum atomic E-state index is -0.396. The Labute approximate surface area is 122 Å². The molecule has 21 heavy (non-hydrogen) atoms. The molecular weight excluding hydrogens is 271 g/mol. The fourth-order valence-electron chi connectivity index (χ4n) is 1.96. The molecule has 110 valence electrons. The Balaban J connectivity index is 1.84. The summed E-state index contributed by atoms with van der Waals surface area (Å²) in [6, 6.07) is 8.70. The van der Waals surface area contributed by atoms with E-state index in [9.17, 15) is 9.18 Å². The summed E-state index contributed by atoms with van der Waals surface area (Å²) in [7, 11) is 0. The zero-order chi connectivity index (χ0) is 15.1. The number of aliphatic hydroxyl groups is 1. The molecule has 0 aliphatic heterocycles. The summed E-state index contributed by atoms with van der Waals surface area (Å²) in [4.78, 5) is 15.6. The van der Waals surface area contributed by atoms with Gasteiger partial charge in [0.2, 0.25) is 5.91 Å². The molecule has 0 atom stereocenters. The molecular formula is C16H17FN2O2. The Hall–Kier alpha value is -2.27. The van der Waals surface area contributed by atoms with Gasteiger partial charge in [-0.15, -0.1) is 0 Å². The van der Waals surface area contributed by atoms with Gasteiger partial charge in [-0.1, -0.05) is 12.1 Å². The van der Waals surface area contributed by atoms with Crippen LogP contribution in [0, 0.1) is 5.82 Å². The molecule has 0 saturated carbocycles. The molecule has 0 aliphatic carbocycles. The van der Waals surface area contributed by atoms with Crippen molar-refractivity contribution in [1.82, 2.24) is 4.98 Å². The normalized spacial score (nSPS) is 10.4. The van der Waals surface area contributed by atoms with Crippen LogP contribution in [0.1, 0.15) is 17.5 Å². The number of carbonyl (C=O) groups is 1. The van der Waals surface area contributed by atoms with Crippen LogP contribution in [0.2, 0.25) is 0 Å². The van der Waals surface area contributed by atoms with E-state index < -0.39 is 5.82 Å². The number of rotatable bonds is 6. The Morgan fingerprint density at radius 3 is 2.57 bits per heavy atom. The Bertz CT molecular complexity index is 599. The number of hydrogen-bond donors (Lipinski definition) is 2. The monoisotopic (exact) mass is 288 g/mol. The molecule has 0 fully saturated rings. The third kappa shape index (κ3) is 4.96. The second kappa shape index (κ2) is 7.50. The van der Waals surface area contributed by atoms with Crippen LogP contribution in [0.4, 0.5) is 10.1 Å². The van der Waals surface area contributed by atoms with Crippen LogP contribution < -0.4 is 5.32 Å². The summed E-state index contributed by atoms with van der Waals surface area (Å²) in [5.41, 5.74) is 2.42. The molecule has 2 N–H and O–H groups in total. The fourth-order valence-corrected chi connectivity index (χ4v) is 1.96. The number of benzene rings is 1. The van der Waals surface area contributed by atoms with Gasteiger partial charge in [0.1, 0.15) is 5.82 Å². The minimum absolute atomic E-state index is 0.105. The van der Waals surface area contributed by atoms with Crippen molar-refractivity contribution >= 4 is 11.6 Å². The van der Waals surface area contributed by atoms with E-state index in [1.807, 2.05) is 12.1 Å². The van der Waals surface area contributed by atoms with Gasteiger partial charge in [0.05, 0.1) is 6.20 Å². The molecule has 0 saturated heterocycles. The summed E-state index contributed by atoms with van der Waals surface area (Å²) in [6.07, 6.45) is 4.00. The van der Waals surface area contributed by atoms with Crippen LogP contribution >= 0.6 is 0 Å². The lowest BCUT2D eigenvalue weighted by molar-refractivity contribution is -0.116. The second-order valence-corrected chi connectivity index (χ2v) is 4.73. The molecule has 0 aliphatic rings. The first-order chi connectivity index (χ1) is 10.2. The number of pyridine rings is 1. The summed E-state index contributed by atoms with van der Waals surface area (Å²) >= 11 is 0. The maximum Gasteiger partial charge on any atom is 0.224 e. The van der Waals surface area contributed by atoms with Gasteiger partial charge >= 0.3 is 0 Å². The van der Waals surface area contributed by atoms with Crippen LogP contribution in [-0.4, -0.2) is 22.6 Å². The van der Waals surface area contributed by atoms with E-state index in [1.165, 1.54) is 6.07 Å². The lowest BCUT2D eigenvalue weighted by Gasteiger charge is -2.06. The lowest BCUT2D eigenvalue weighted by Crippen LogP contribution is -2.12. The number of nitrogens with zero attached hydrogens (tertiary/aromatic N) is 1. The van der Waals surface area contributed by atoms with Gasteiger partial charge in [-0.05, 0) is 42.2 Å². The highest BCUT2D eigenvalue weighted by Crippen LogP contribution is 2.11. The predicted octanol–water partition coefficient (Wildman–Crippen LogP) is 2.33. The maximum atomic E-state index is 13.0. The van der Waals surface area contributed by atoms with E-state index in [1.54, 1.807) is 18.3 Å². The molecule has 0 radical (unpaired) electrons. The summed E-state index contributed by atoms with van der Waals surface area (Å²) in [6.45, 7) is 0.105. The zero-order valence-electron chi connectivity index (χ0n) is 11.6. The first kappa shape index (κ1) is 15.1. The fraction of sp³-hybridized carbons (Fsp3) is 0.250. The average molecular weight is 288 g/mol. The van der Waals surface area contributed by atoms with E-state index in [2.05, 4.69) is 10.3 Å². The average Bonchev–Trinajstić information content (AvgIpc) is 2.48. The third-order valence-electron chi connectivity index (χ3n) is 3.04. The molecule has 5 heteroatoms. The first-order valence-corrected chi connectivity index (χ1v) is 6.76. The largest absolute Gasteiger partial charge is 0.396 e. The molecule has 0 unspecified atom stereocenters. The van der Waals surface area contributed by atoms with Crippen molar-refractivity contribution in [2.24, 2.45) is 0 Å². The van der Waals surface area contributed by atoms with Crippen molar-refractivity contribution < 1.29 is 14.3 Å². The van der Waals surface area contributed by atoms with E-state index in [0.717, 1.165) is 11.8 Å². The molecule has 0 bridgehead atoms. The minimum Gasteiger partial charge on any atom is -0.396 e. The number of carbonyl (C=O) groups excluding carboxylic acids is 1. The number of nitrogens with one attached hydrogen (secondary N) is 1. The van der Waals surface area contributed by atoms with E-state index in [-0.39, 0.29) is 18.9 Å². The second-order valence-electron chi connectivity index (χ2n) is 4.73. The van der Waals surface area contributed by atoms with Crippen molar-refractivity contribution in [1.29, 1.82) is 0 Å². The van der Waals surface area contributed by atoms with Crippen molar-refractivity contribution in [3.8, 4) is 0 Å². The van der Waals surface area contributed by atoms with Crippen molar-refractivity contribution in [2.75, 3.05) is 11.9 Å². The van der Waals surface area contributed by atoms with Crippen molar-refractivity contribution in [2.45, 2.75) is 19.3 Å². The SMILES string of the molecule is O=C(CCc1cncc(F)c1)Nc1ccc(CCO)cc1. The summed E-state index contributed by atoms with van der Waals surface area (Å²) < 4.78 is 13.0. The van der Waals surface area contributed by atoms with Crippen LogP contribution in [-0.2, 0) is 17.6 Å². The van der Waals surface area contributed by atoms with E-state index in [0.29, 0.717) is 24.1 Å². The number of aromatic nitrogens is 1. The van der Waals surface area contributed by atoms with Gasteiger partial charge in [-0.3, -0.25) is 9.78 Å². The number of aryl methyl sites for hydroxylation is 1. The lowest BCUT2D eigenvalue weighted by atomic mass is 10.1. The Morgan fingerprint density at radius 1 is 1.14 bits per heavy atom. The van der Waals surface area contributed by atoms with Gasteiger partial charge in [-0.2, -0.15) is 0 Å². The molecule has 1 aromatic heterocycles. The molecule has 1 amide bonds. The quantitative estimate of drug-likeness (QED) is 0.857. The van der Waals surface area contributed by atoms with Crippen molar-refractivity contribution in [3.63, 3.8) is 0 Å². The van der Waals surface area contributed by atoms with Crippen LogP contribution in [0.3, 0.4) is 0 Å². The van der Waals surface area contributed by atoms with Gasteiger partial charge in [-0.25, -0.2) is 4.39 Å². The molecule has 0 spiro atoms. The predicted molar refractivity (Wildman–Crippen MR) is 78.4 cm³/mol. The van der Waals surface area contributed by atoms with Gasteiger partial charge in [0.25, 0.3) is 0 Å². The highest BCUT2D eigenvalue weighted by molar-refractivity contribution is 5.90. The topological polar surface area (TPSA) is 62.2 Å². The molecule has 4 nitrogen and oxygen atoms in total. The number of amides is 1. The Morgan fingerprint density at radius 2 is 1.90 bits per heavy atom. The van der Waals surface area contributed by atoms with Crippen molar-refractivity contribution in [3.05, 3.63) is 59.7 Å². The summed E-state index contributed by atoms with van der Waals surface area (Å²) in [5.74, 6) is -0.526. The summed E-state index contributed by atoms with van der Waals surface area (Å²) in [5, 5.41) is 11.6. The third-order valence-corrected chi connectivity index (χ3v) is 3.04. The van der Waals surface area contributed by atoms with Gasteiger partial charge in [0, 0.05) is 24.9 Å². The van der Waals surface area contributed by atoms with E-state index in [4.69, 9.17) is 5.11 Å². The highest BCUT2D eigenvalue weighted by atomic mass is 19.1. The standard InChI is InChI=1S/C16H17FN2O2/c17-14-9-13(10-18-11-14)3-6-16(21)19-15-4-1-12(2-5-15)7-8-20/h1-2,4-5,9-11,20H,3,6-8H2,(H,19,21). The highest BCUT2D eigenvalue weighted by Gasteiger charge is 2.04. The smallest absolute Gasteiger partial charge is 0.224 e. The van der Waals surface area contributed by atoms with Crippen LogP contribution in [0.15, 0.2) is 42.7 Å². The van der Waals surface area contributed by atoms with Gasteiger partial charge in [0.15, 0.2) is 0 Å². The number of hydrogen-bond acceptors (Lipinski definition) is 3.